The fourth-order valence-electron chi connectivity index (χ4n) is 13.0. The molecular weight excluding hydrogens is 1800 g/mol. The van der Waals surface area contributed by atoms with Crippen molar-refractivity contribution in [3.8, 4) is 11.5 Å². The average molecular weight is 1900 g/mol. The van der Waals surface area contributed by atoms with Crippen LogP contribution < -0.4 is 87.5 Å². The number of nitrogens with one attached hydrogen (secondary N) is 12. The van der Waals surface area contributed by atoms with Gasteiger partial charge in [0.15, 0.2) is 11.6 Å². The van der Waals surface area contributed by atoms with Crippen LogP contribution in [0.3, 0.4) is 0 Å². The van der Waals surface area contributed by atoms with Crippen LogP contribution in [-0.4, -0.2) is 190 Å². The summed E-state index contributed by atoms with van der Waals surface area (Å²) in [5.74, 6) is 1.44. The fraction of sp³-hybridized carbons (Fsp3) is 0.261. The molecule has 2 fully saturated rings. The first-order valence-corrected chi connectivity index (χ1v) is 43.3. The number of methoxy groups -OCH3 is 2. The molecule has 45 heteroatoms. The van der Waals surface area contributed by atoms with Crippen LogP contribution in [0.1, 0.15) is 83.8 Å². The second-order valence-corrected chi connectivity index (χ2v) is 31.9. The number of anilines is 18. The van der Waals surface area contributed by atoms with Crippen molar-refractivity contribution in [2.24, 2.45) is 0 Å². The molecule has 12 N–H and O–H groups in total. The largest absolute Gasteiger partial charge is 0.494 e. The van der Waals surface area contributed by atoms with Crippen molar-refractivity contribution in [3.05, 3.63) is 244 Å². The van der Waals surface area contributed by atoms with E-state index >= 15 is 0 Å². The Balaban J connectivity index is 0.000000171. The maximum atomic E-state index is 13.8. The van der Waals surface area contributed by atoms with E-state index in [1.54, 1.807) is 93.2 Å². The van der Waals surface area contributed by atoms with Crippen LogP contribution in [0.2, 0.25) is 10.0 Å². The zero-order chi connectivity index (χ0) is 95.7. The zero-order valence-corrected chi connectivity index (χ0v) is 75.9. The number of benzene rings is 6. The second kappa shape index (κ2) is 45.7. The molecule has 12 aromatic rings. The summed E-state index contributed by atoms with van der Waals surface area (Å²) in [6, 6.07) is 43.3. The number of amides is 4. The predicted octanol–water partition coefficient (Wildman–Crippen LogP) is 15.6. The molecule has 2 aliphatic rings. The predicted molar refractivity (Wildman–Crippen MR) is 498 cm³/mol. The molecule has 14 rings (SSSR count). The van der Waals surface area contributed by atoms with E-state index in [9.17, 15) is 53.9 Å². The van der Waals surface area contributed by atoms with Crippen LogP contribution in [0.4, 0.5) is 130 Å². The summed E-state index contributed by atoms with van der Waals surface area (Å²) < 4.78 is 130. The Kier molecular flexibility index (Phi) is 34.0. The Labute approximate surface area is 771 Å². The number of sulfonamides is 1. The van der Waals surface area contributed by atoms with Crippen molar-refractivity contribution in [3.63, 3.8) is 0 Å². The van der Waals surface area contributed by atoms with Crippen molar-refractivity contribution in [1.82, 2.24) is 71.1 Å². The molecule has 0 aliphatic carbocycles. The van der Waals surface area contributed by atoms with E-state index in [1.807, 2.05) is 60.1 Å². The number of para-hydroxylation sites is 3. The Bertz CT molecular complexity index is 6180. The first kappa shape index (κ1) is 98.9. The highest BCUT2D eigenvalue weighted by Crippen LogP contribution is 2.42. The lowest BCUT2D eigenvalue weighted by Gasteiger charge is -2.29. The molecule has 8 heterocycles. The Hall–Kier alpha value is -14.7. The molecular formula is C88H95Cl2F6N25O11S. The normalized spacial score (nSPS) is 12.5. The molecule has 133 heavy (non-hydrogen) atoms. The van der Waals surface area contributed by atoms with Crippen LogP contribution in [0, 0.1) is 6.92 Å². The molecule has 6 aromatic heterocycles. The van der Waals surface area contributed by atoms with Gasteiger partial charge in [-0.2, -0.15) is 41.4 Å². The number of nitrogens with zero attached hydrogens (tertiary/aromatic N) is 13. The SMILES string of the molecule is CNC(=O)c1ccc(Nc2ncc(C(F)(F)F)c(NCc3nccnc3N(C)S(C)(=O)=O)n2)cc1.CNC(=O)c1ccccc1Nc1cc(Nc2ccc(N3CCOCC3)cc2OC)ncc1C(F)(F)F.CNC(=O)c1ccccc1Nc1nc(Nc2ccc(N3CCOCC3)cc2OC)ncc1Cl.CONC(=O)c1ccccc1Nc1cc(Nc2cc(C)nn2C(C)C)ncc1Cl. The highest BCUT2D eigenvalue weighted by Gasteiger charge is 2.37. The number of pyridine rings is 2. The summed E-state index contributed by atoms with van der Waals surface area (Å²) in [4.78, 5) is 90.2. The summed E-state index contributed by atoms with van der Waals surface area (Å²) >= 11 is 12.7. The minimum absolute atomic E-state index is 0.0420. The van der Waals surface area contributed by atoms with Crippen molar-refractivity contribution >= 4 is 161 Å². The Morgan fingerprint density at radius 2 is 0.992 bits per heavy atom. The molecule has 0 saturated carbocycles. The Morgan fingerprint density at radius 1 is 0.511 bits per heavy atom. The first-order valence-electron chi connectivity index (χ1n) is 40.7. The smallest absolute Gasteiger partial charge is 0.421 e. The van der Waals surface area contributed by atoms with Gasteiger partial charge < -0.3 is 87.2 Å². The third-order valence-corrected chi connectivity index (χ3v) is 21.4. The van der Waals surface area contributed by atoms with Crippen LogP contribution in [-0.2, 0) is 43.2 Å². The number of halogens is 8. The third-order valence-electron chi connectivity index (χ3n) is 19.7. The van der Waals surface area contributed by atoms with Crippen LogP contribution in [0.25, 0.3) is 0 Å². The molecule has 700 valence electrons. The van der Waals surface area contributed by atoms with Gasteiger partial charge in [0.25, 0.3) is 23.6 Å². The van der Waals surface area contributed by atoms with Gasteiger partial charge in [-0.3, -0.25) is 33.3 Å². The quantitative estimate of drug-likeness (QED) is 0.0153. The van der Waals surface area contributed by atoms with Gasteiger partial charge in [-0.25, -0.2) is 43.5 Å². The number of carbonyl (C=O) groups excluding carboxylic acids is 4. The molecule has 0 atom stereocenters. The van der Waals surface area contributed by atoms with Crippen molar-refractivity contribution in [2.75, 3.05) is 165 Å². The molecule has 0 bridgehead atoms. The maximum Gasteiger partial charge on any atom is 0.421 e. The molecule has 4 amide bonds. The van der Waals surface area contributed by atoms with Crippen molar-refractivity contribution in [1.29, 1.82) is 0 Å². The number of hydroxylamine groups is 1. The summed E-state index contributed by atoms with van der Waals surface area (Å²) in [7, 11) is 6.62. The summed E-state index contributed by atoms with van der Waals surface area (Å²) in [5.41, 5.74) is 8.19. The zero-order valence-electron chi connectivity index (χ0n) is 73.6. The molecule has 2 aliphatic heterocycles. The molecule has 0 radical (unpaired) electrons. The van der Waals surface area contributed by atoms with E-state index in [1.165, 1.54) is 84.3 Å². The van der Waals surface area contributed by atoms with E-state index in [-0.39, 0.29) is 70.5 Å². The third kappa shape index (κ3) is 26.8. The van der Waals surface area contributed by atoms with Crippen LogP contribution >= 0.6 is 23.2 Å². The van der Waals surface area contributed by atoms with Gasteiger partial charge in [0.2, 0.25) is 21.9 Å². The van der Waals surface area contributed by atoms with Crippen LogP contribution in [0.15, 0.2) is 189 Å². The number of carbonyl (C=O) groups is 4. The lowest BCUT2D eigenvalue weighted by molar-refractivity contribution is -0.138. The van der Waals surface area contributed by atoms with Gasteiger partial charge in [0.1, 0.15) is 51.1 Å². The topological polar surface area (TPSA) is 424 Å². The molecule has 2 saturated heterocycles. The van der Waals surface area contributed by atoms with E-state index in [0.29, 0.717) is 123 Å². The summed E-state index contributed by atoms with van der Waals surface area (Å²) in [6.07, 6.45) is -1.48. The van der Waals surface area contributed by atoms with Gasteiger partial charge in [-0.1, -0.05) is 59.6 Å². The summed E-state index contributed by atoms with van der Waals surface area (Å²) in [6.45, 7) is 11.6. The van der Waals surface area contributed by atoms with Gasteiger partial charge in [-0.15, -0.1) is 0 Å². The number of ether oxygens (including phenoxy) is 4. The van der Waals surface area contributed by atoms with Crippen molar-refractivity contribution < 1.29 is 77.7 Å². The van der Waals surface area contributed by atoms with E-state index < -0.39 is 45.2 Å². The number of hydrogen-bond donors (Lipinski definition) is 12. The van der Waals surface area contributed by atoms with Crippen LogP contribution in [0.5, 0.6) is 11.5 Å². The lowest BCUT2D eigenvalue weighted by atomic mass is 10.1. The summed E-state index contributed by atoms with van der Waals surface area (Å²) in [5, 5.41) is 36.7. The van der Waals surface area contributed by atoms with E-state index in [4.69, 9.17) is 47.0 Å². The van der Waals surface area contributed by atoms with E-state index in [2.05, 4.69) is 133 Å². The average Bonchev–Trinajstić information content (AvgIpc) is 1.20. The highest BCUT2D eigenvalue weighted by atomic mass is 35.5. The second-order valence-electron chi connectivity index (χ2n) is 29.1. The molecule has 36 nitrogen and oxygen atoms in total. The molecule has 6 aromatic carbocycles. The van der Waals surface area contributed by atoms with Gasteiger partial charge >= 0.3 is 12.4 Å². The number of rotatable bonds is 29. The van der Waals surface area contributed by atoms with Gasteiger partial charge in [0.05, 0.1) is 146 Å². The maximum absolute atomic E-state index is 13.8. The minimum Gasteiger partial charge on any atom is -0.494 e. The monoisotopic (exact) mass is 1890 g/mol. The highest BCUT2D eigenvalue weighted by molar-refractivity contribution is 7.92. The molecule has 0 spiro atoms. The van der Waals surface area contributed by atoms with Gasteiger partial charge in [-0.05, 0) is 106 Å². The van der Waals surface area contributed by atoms with Crippen molar-refractivity contribution in [2.45, 2.75) is 45.7 Å². The minimum atomic E-state index is -4.76. The van der Waals surface area contributed by atoms with E-state index in [0.717, 1.165) is 65.8 Å². The van der Waals surface area contributed by atoms with Gasteiger partial charge in [0, 0.05) is 138 Å². The Morgan fingerprint density at radius 3 is 1.53 bits per heavy atom. The number of aryl methyl sites for hydroxylation is 1. The lowest BCUT2D eigenvalue weighted by Crippen LogP contribution is -2.36. The number of morpholine rings is 2. The number of alkyl halides is 6. The fourth-order valence-corrected chi connectivity index (χ4v) is 13.8. The number of hydrogen-bond acceptors (Lipinski definition) is 30. The number of aromatic nitrogens is 10. The molecule has 0 unspecified atom stereocenters. The first-order chi connectivity index (χ1) is 63.7. The standard InChI is InChI=1S/C25H26F3N5O3.C23H25ClN6O3.C20H23ClN6O2.C20H21F3N8O3S/c1-29-24(34)17-5-3-4-6-19(17)31-21-14-23(30-15-18(21)25(26,27)28)32-20-8-7-16(13-22(20)35-2)33-9-11-36-12-10-33;1-25-22(31)16-5-3-4-6-18(16)27-21-17(24)14-26-23(29-21)28-19-8-7-15(13-20(19)32-2)30-9-11-33-12-10-30;1-12(2)27-19(9-13(3)25-27)24-18-10-17(15(21)11-22-18)23-16-8-6-5-7-14(16)20(28)26-29-4;1-24-18(32)12-4-6-13(7-5-12)29-19-28-10-14(20(21,22)23)16(30-19)27-11-15-17(26-9-8-25-15)31(2)35(3,33)34/h3-8,13-15H,9-12H2,1-2H3,(H,29,34)(H2,30,31,32);3-8,13-14H,9-12H2,1-2H3,(H,25,31)(H2,26,27,28,29);5-12H,1-4H3,(H,26,28)(H2,22,23,24);4-10H,11H2,1-3H3,(H,24,32)(H2,27,28,29,30).